The molecule has 0 aliphatic rings. The summed E-state index contributed by atoms with van der Waals surface area (Å²) in [6.07, 6.45) is 1.71. The Hall–Kier alpha value is -1.79. The number of aryl methyl sites for hydroxylation is 1. The number of nitro groups is 1. The minimum absolute atomic E-state index is 0.0788. The molecule has 1 heterocycles. The Morgan fingerprint density at radius 3 is 2.88 bits per heavy atom. The van der Waals surface area contributed by atoms with Crippen molar-refractivity contribution in [3.05, 3.63) is 45.0 Å². The van der Waals surface area contributed by atoms with E-state index in [1.165, 1.54) is 17.4 Å². The maximum Gasteiger partial charge on any atom is 0.270 e. The van der Waals surface area contributed by atoms with Gasteiger partial charge in [-0.25, -0.2) is 4.98 Å². The molecule has 1 aromatic carbocycles. The Morgan fingerprint density at radius 2 is 2.29 bits per heavy atom. The maximum absolute atomic E-state index is 10.7. The predicted octanol–water partition coefficient (Wildman–Crippen LogP) is 2.49. The van der Waals surface area contributed by atoms with E-state index >= 15 is 0 Å². The summed E-state index contributed by atoms with van der Waals surface area (Å²) in [5.74, 6) is 0. The van der Waals surface area contributed by atoms with Gasteiger partial charge < -0.3 is 5.73 Å². The first kappa shape index (κ1) is 11.7. The summed E-state index contributed by atoms with van der Waals surface area (Å²) in [7, 11) is 0. The highest BCUT2D eigenvalue weighted by molar-refractivity contribution is 7.15. The predicted molar refractivity (Wildman–Crippen MR) is 66.8 cm³/mol. The number of hydrogen-bond donors (Lipinski definition) is 1. The lowest BCUT2D eigenvalue weighted by atomic mass is 10.1. The SMILES string of the molecule is Cc1ccc([N+](=O)[O-])cc1-c1ncc(CN)s1. The minimum Gasteiger partial charge on any atom is -0.326 e. The molecular formula is C11H11N3O2S. The van der Waals surface area contributed by atoms with Crippen LogP contribution in [-0.2, 0) is 6.54 Å². The molecule has 0 aliphatic carbocycles. The van der Waals surface area contributed by atoms with Crippen LogP contribution in [0.1, 0.15) is 10.4 Å². The average molecular weight is 249 g/mol. The van der Waals surface area contributed by atoms with E-state index in [9.17, 15) is 10.1 Å². The first-order valence-electron chi connectivity index (χ1n) is 5.02. The third-order valence-electron chi connectivity index (χ3n) is 2.42. The highest BCUT2D eigenvalue weighted by Crippen LogP contribution is 2.30. The second kappa shape index (κ2) is 4.60. The normalized spacial score (nSPS) is 10.5. The van der Waals surface area contributed by atoms with Crippen molar-refractivity contribution < 1.29 is 4.92 Å². The number of benzene rings is 1. The third-order valence-corrected chi connectivity index (χ3v) is 3.47. The molecule has 2 aromatic rings. The molecule has 2 N–H and O–H groups in total. The molecule has 0 amide bonds. The smallest absolute Gasteiger partial charge is 0.270 e. The van der Waals surface area contributed by atoms with Crippen LogP contribution in [0.2, 0.25) is 0 Å². The highest BCUT2D eigenvalue weighted by atomic mass is 32.1. The second-order valence-electron chi connectivity index (χ2n) is 3.59. The quantitative estimate of drug-likeness (QED) is 0.669. The number of rotatable bonds is 3. The molecule has 0 fully saturated rings. The third kappa shape index (κ3) is 2.32. The Balaban J connectivity index is 2.49. The van der Waals surface area contributed by atoms with Crippen LogP contribution in [0.25, 0.3) is 10.6 Å². The van der Waals surface area contributed by atoms with E-state index in [4.69, 9.17) is 5.73 Å². The zero-order valence-corrected chi connectivity index (χ0v) is 10.0. The molecule has 0 saturated carbocycles. The number of nitrogens with two attached hydrogens (primary N) is 1. The molecule has 0 bridgehead atoms. The van der Waals surface area contributed by atoms with Gasteiger partial charge in [-0.05, 0) is 12.5 Å². The van der Waals surface area contributed by atoms with Gasteiger partial charge in [0.25, 0.3) is 5.69 Å². The standard InChI is InChI=1S/C11H11N3O2S/c1-7-2-3-8(14(15)16)4-10(7)11-13-6-9(5-12)17-11/h2-4,6H,5,12H2,1H3. The first-order valence-corrected chi connectivity index (χ1v) is 5.83. The topological polar surface area (TPSA) is 82.0 Å². The lowest BCUT2D eigenvalue weighted by Crippen LogP contribution is -1.91. The molecule has 88 valence electrons. The van der Waals surface area contributed by atoms with E-state index in [0.29, 0.717) is 6.54 Å². The zero-order chi connectivity index (χ0) is 12.4. The molecule has 0 radical (unpaired) electrons. The maximum atomic E-state index is 10.7. The van der Waals surface area contributed by atoms with Gasteiger partial charge in [0.2, 0.25) is 0 Å². The van der Waals surface area contributed by atoms with Crippen molar-refractivity contribution in [2.24, 2.45) is 5.73 Å². The van der Waals surface area contributed by atoms with E-state index in [1.807, 2.05) is 6.92 Å². The van der Waals surface area contributed by atoms with Crippen LogP contribution in [-0.4, -0.2) is 9.91 Å². The fourth-order valence-corrected chi connectivity index (χ4v) is 2.35. The minimum atomic E-state index is -0.402. The first-order chi connectivity index (χ1) is 8.11. The van der Waals surface area contributed by atoms with E-state index in [0.717, 1.165) is 21.0 Å². The van der Waals surface area contributed by atoms with Gasteiger partial charge >= 0.3 is 0 Å². The van der Waals surface area contributed by atoms with Gasteiger partial charge in [-0.15, -0.1) is 11.3 Å². The lowest BCUT2D eigenvalue weighted by Gasteiger charge is -2.01. The van der Waals surface area contributed by atoms with Crippen LogP contribution in [0.4, 0.5) is 5.69 Å². The van der Waals surface area contributed by atoms with Gasteiger partial charge in [0.1, 0.15) is 5.01 Å². The summed E-state index contributed by atoms with van der Waals surface area (Å²) in [6, 6.07) is 4.78. The Labute approximate surface area is 102 Å². The molecule has 5 nitrogen and oxygen atoms in total. The molecule has 17 heavy (non-hydrogen) atoms. The second-order valence-corrected chi connectivity index (χ2v) is 4.71. The van der Waals surface area contributed by atoms with E-state index < -0.39 is 4.92 Å². The average Bonchev–Trinajstić information content (AvgIpc) is 2.77. The molecule has 1 aromatic heterocycles. The number of hydrogen-bond acceptors (Lipinski definition) is 5. The van der Waals surface area contributed by atoms with Gasteiger partial charge in [-0.2, -0.15) is 0 Å². The highest BCUT2D eigenvalue weighted by Gasteiger charge is 2.12. The number of aromatic nitrogens is 1. The van der Waals surface area contributed by atoms with Crippen molar-refractivity contribution in [2.75, 3.05) is 0 Å². The van der Waals surface area contributed by atoms with Crippen molar-refractivity contribution in [3.63, 3.8) is 0 Å². The molecule has 2 rings (SSSR count). The van der Waals surface area contributed by atoms with Gasteiger partial charge in [0.05, 0.1) is 4.92 Å². The van der Waals surface area contributed by atoms with E-state index in [1.54, 1.807) is 18.3 Å². The zero-order valence-electron chi connectivity index (χ0n) is 9.21. The summed E-state index contributed by atoms with van der Waals surface area (Å²) >= 11 is 1.46. The number of nitro benzene ring substituents is 1. The van der Waals surface area contributed by atoms with Crippen LogP contribution in [0, 0.1) is 17.0 Å². The number of nitrogens with zero attached hydrogens (tertiary/aromatic N) is 2. The Bertz CT molecular complexity index is 566. The largest absolute Gasteiger partial charge is 0.326 e. The fraction of sp³-hybridized carbons (Fsp3) is 0.182. The van der Waals surface area contributed by atoms with Crippen LogP contribution >= 0.6 is 11.3 Å². The number of non-ortho nitro benzene ring substituents is 1. The molecular weight excluding hydrogens is 238 g/mol. The summed E-state index contributed by atoms with van der Waals surface area (Å²) < 4.78 is 0. The van der Waals surface area contributed by atoms with Gasteiger partial charge in [0.15, 0.2) is 0 Å². The van der Waals surface area contributed by atoms with Gasteiger partial charge in [0, 0.05) is 35.3 Å². The van der Waals surface area contributed by atoms with Crippen molar-refractivity contribution in [3.8, 4) is 10.6 Å². The van der Waals surface area contributed by atoms with E-state index in [-0.39, 0.29) is 5.69 Å². The lowest BCUT2D eigenvalue weighted by molar-refractivity contribution is -0.384. The van der Waals surface area contributed by atoms with E-state index in [2.05, 4.69) is 4.98 Å². The summed E-state index contributed by atoms with van der Waals surface area (Å²) in [5.41, 5.74) is 7.36. The van der Waals surface area contributed by atoms with Gasteiger partial charge in [-0.1, -0.05) is 6.07 Å². The molecule has 0 unspecified atom stereocenters. The van der Waals surface area contributed by atoms with Crippen LogP contribution in [0.3, 0.4) is 0 Å². The summed E-state index contributed by atoms with van der Waals surface area (Å²) in [5, 5.41) is 11.5. The molecule has 0 atom stereocenters. The monoisotopic (exact) mass is 249 g/mol. The van der Waals surface area contributed by atoms with Gasteiger partial charge in [-0.3, -0.25) is 10.1 Å². The van der Waals surface area contributed by atoms with Crippen molar-refractivity contribution in [2.45, 2.75) is 13.5 Å². The number of thiazole rings is 1. The fourth-order valence-electron chi connectivity index (χ4n) is 1.48. The van der Waals surface area contributed by atoms with Crippen LogP contribution in [0.15, 0.2) is 24.4 Å². The summed E-state index contributed by atoms with van der Waals surface area (Å²) in [4.78, 5) is 15.5. The molecule has 0 spiro atoms. The van der Waals surface area contributed by atoms with Crippen LogP contribution < -0.4 is 5.73 Å². The molecule has 0 aliphatic heterocycles. The Morgan fingerprint density at radius 1 is 1.53 bits per heavy atom. The molecule has 6 heteroatoms. The van der Waals surface area contributed by atoms with Crippen molar-refractivity contribution in [1.29, 1.82) is 0 Å². The molecule has 0 saturated heterocycles. The summed E-state index contributed by atoms with van der Waals surface area (Å²) in [6.45, 7) is 2.34. The van der Waals surface area contributed by atoms with Crippen molar-refractivity contribution >= 4 is 17.0 Å². The van der Waals surface area contributed by atoms with Crippen LogP contribution in [0.5, 0.6) is 0 Å². The van der Waals surface area contributed by atoms with Crippen molar-refractivity contribution in [1.82, 2.24) is 4.98 Å². The Kier molecular flexibility index (Phi) is 3.16.